The smallest absolute Gasteiger partial charge is 0.123 e. The molecule has 5 heteroatoms. The van der Waals surface area contributed by atoms with Crippen LogP contribution >= 0.6 is 0 Å². The van der Waals surface area contributed by atoms with Gasteiger partial charge in [0, 0.05) is 30.9 Å². The Hall–Kier alpha value is -4.58. The molecule has 0 saturated carbocycles. The summed E-state index contributed by atoms with van der Waals surface area (Å²) in [5, 5.41) is 19.1. The van der Waals surface area contributed by atoms with Crippen LogP contribution in [0.2, 0.25) is 0 Å². The maximum atomic E-state index is 11.9. The van der Waals surface area contributed by atoms with Crippen molar-refractivity contribution in [1.29, 1.82) is 0 Å². The van der Waals surface area contributed by atoms with E-state index in [9.17, 15) is 5.11 Å². The van der Waals surface area contributed by atoms with E-state index in [1.807, 2.05) is 97.1 Å². The van der Waals surface area contributed by atoms with Gasteiger partial charge in [-0.2, -0.15) is 0 Å². The molecule has 2 atom stereocenters. The van der Waals surface area contributed by atoms with Gasteiger partial charge >= 0.3 is 0 Å². The van der Waals surface area contributed by atoms with Gasteiger partial charge < -0.3 is 25.2 Å². The van der Waals surface area contributed by atoms with Crippen molar-refractivity contribution < 1.29 is 14.6 Å². The minimum absolute atomic E-state index is 0.224. The molecule has 0 aromatic heterocycles. The van der Waals surface area contributed by atoms with Crippen molar-refractivity contribution in [2.45, 2.75) is 52.2 Å². The SMILES string of the molecule is Cc1cccc(C)c1NCCC(NCc1ccccc1)C(O)c1cc(OCc2ccccc2)cc(OCc2ccccc2)c1. The maximum Gasteiger partial charge on any atom is 0.123 e. The lowest BCUT2D eigenvalue weighted by Crippen LogP contribution is -2.36. The molecule has 0 aliphatic carbocycles. The number of nitrogens with one attached hydrogen (secondary N) is 2. The Labute approximate surface area is 261 Å². The highest BCUT2D eigenvalue weighted by molar-refractivity contribution is 5.56. The van der Waals surface area contributed by atoms with Gasteiger partial charge in [0.1, 0.15) is 24.7 Å². The number of aryl methyl sites for hydroxylation is 2. The number of hydrogen-bond donors (Lipinski definition) is 3. The van der Waals surface area contributed by atoms with Crippen LogP contribution in [0, 0.1) is 13.8 Å². The van der Waals surface area contributed by atoms with E-state index in [1.54, 1.807) is 0 Å². The minimum atomic E-state index is -0.794. The zero-order chi connectivity index (χ0) is 30.6. The predicted octanol–water partition coefficient (Wildman–Crippen LogP) is 8.16. The van der Waals surface area contributed by atoms with Gasteiger partial charge in [-0.3, -0.25) is 0 Å². The van der Waals surface area contributed by atoms with E-state index in [0.29, 0.717) is 44.2 Å². The van der Waals surface area contributed by atoms with E-state index in [-0.39, 0.29) is 6.04 Å². The van der Waals surface area contributed by atoms with Crippen LogP contribution in [0.4, 0.5) is 5.69 Å². The van der Waals surface area contributed by atoms with Crippen LogP contribution in [0.5, 0.6) is 11.5 Å². The Balaban J connectivity index is 1.37. The van der Waals surface area contributed by atoms with Crippen LogP contribution in [0.15, 0.2) is 127 Å². The lowest BCUT2D eigenvalue weighted by molar-refractivity contribution is 0.123. The van der Waals surface area contributed by atoms with Crippen molar-refractivity contribution >= 4 is 5.69 Å². The normalized spacial score (nSPS) is 12.3. The van der Waals surface area contributed by atoms with E-state index in [1.165, 1.54) is 16.7 Å². The van der Waals surface area contributed by atoms with Crippen LogP contribution in [-0.4, -0.2) is 17.7 Å². The summed E-state index contributed by atoms with van der Waals surface area (Å²) >= 11 is 0. The Kier molecular flexibility index (Phi) is 11.1. The highest BCUT2D eigenvalue weighted by Crippen LogP contribution is 2.31. The molecule has 3 N–H and O–H groups in total. The number of hydrogen-bond acceptors (Lipinski definition) is 5. The van der Waals surface area contributed by atoms with Crippen molar-refractivity contribution in [1.82, 2.24) is 5.32 Å². The summed E-state index contributed by atoms with van der Waals surface area (Å²) in [6, 6.07) is 42.3. The quantitative estimate of drug-likeness (QED) is 0.116. The molecule has 5 rings (SSSR count). The molecular weight excluding hydrogens is 544 g/mol. The standard InChI is InChI=1S/C39H42N2O3/c1-29-13-12-14-30(2)38(29)40-22-21-37(41-26-31-15-6-3-7-16-31)39(42)34-23-35(43-27-32-17-8-4-9-18-32)25-36(24-34)44-28-33-19-10-5-11-20-33/h3-20,23-25,37,39-42H,21-22,26-28H2,1-2H3. The number of ether oxygens (including phenoxy) is 2. The fraction of sp³-hybridized carbons (Fsp3) is 0.231. The number of aliphatic hydroxyl groups excluding tert-OH is 1. The fourth-order valence-corrected chi connectivity index (χ4v) is 5.31. The third kappa shape index (κ3) is 8.96. The first kappa shape index (κ1) is 30.9. The Morgan fingerprint density at radius 1 is 0.614 bits per heavy atom. The van der Waals surface area contributed by atoms with Gasteiger partial charge in [0.2, 0.25) is 0 Å². The summed E-state index contributed by atoms with van der Waals surface area (Å²) in [5.74, 6) is 1.31. The third-order valence-electron chi connectivity index (χ3n) is 7.77. The van der Waals surface area contributed by atoms with E-state index < -0.39 is 6.10 Å². The van der Waals surface area contributed by atoms with Crippen LogP contribution in [0.25, 0.3) is 0 Å². The van der Waals surface area contributed by atoms with Crippen LogP contribution in [0.3, 0.4) is 0 Å². The zero-order valence-corrected chi connectivity index (χ0v) is 25.6. The van der Waals surface area contributed by atoms with Crippen LogP contribution in [-0.2, 0) is 19.8 Å². The zero-order valence-electron chi connectivity index (χ0n) is 25.6. The molecule has 0 spiro atoms. The second-order valence-electron chi connectivity index (χ2n) is 11.2. The average molecular weight is 587 g/mol. The molecule has 0 saturated heterocycles. The van der Waals surface area contributed by atoms with Crippen molar-refractivity contribution in [3.05, 3.63) is 161 Å². The van der Waals surface area contributed by atoms with E-state index in [4.69, 9.17) is 9.47 Å². The first-order valence-electron chi connectivity index (χ1n) is 15.3. The molecule has 5 aromatic rings. The largest absolute Gasteiger partial charge is 0.489 e. The molecule has 0 radical (unpaired) electrons. The molecule has 0 heterocycles. The number of anilines is 1. The summed E-state index contributed by atoms with van der Waals surface area (Å²) in [6.07, 6.45) is -0.0882. The van der Waals surface area contributed by atoms with Crippen molar-refractivity contribution in [3.8, 4) is 11.5 Å². The summed E-state index contributed by atoms with van der Waals surface area (Å²) in [5.41, 5.74) is 7.63. The summed E-state index contributed by atoms with van der Waals surface area (Å²) in [6.45, 7) is 6.44. The number of rotatable bonds is 15. The van der Waals surface area contributed by atoms with Gasteiger partial charge in [-0.1, -0.05) is 109 Å². The molecule has 226 valence electrons. The first-order valence-corrected chi connectivity index (χ1v) is 15.3. The predicted molar refractivity (Wildman–Crippen MR) is 179 cm³/mol. The summed E-state index contributed by atoms with van der Waals surface area (Å²) in [4.78, 5) is 0. The van der Waals surface area contributed by atoms with Crippen LogP contribution < -0.4 is 20.1 Å². The van der Waals surface area contributed by atoms with E-state index in [2.05, 4.69) is 54.8 Å². The Morgan fingerprint density at radius 2 is 1.11 bits per heavy atom. The second-order valence-corrected chi connectivity index (χ2v) is 11.2. The van der Waals surface area contributed by atoms with Crippen molar-refractivity contribution in [3.63, 3.8) is 0 Å². The molecule has 5 aromatic carbocycles. The molecule has 0 fully saturated rings. The monoisotopic (exact) mass is 586 g/mol. The fourth-order valence-electron chi connectivity index (χ4n) is 5.31. The number of benzene rings is 5. The molecule has 44 heavy (non-hydrogen) atoms. The minimum Gasteiger partial charge on any atom is -0.489 e. The topological polar surface area (TPSA) is 62.8 Å². The van der Waals surface area contributed by atoms with Crippen molar-refractivity contribution in [2.75, 3.05) is 11.9 Å². The van der Waals surface area contributed by atoms with Gasteiger partial charge in [-0.25, -0.2) is 0 Å². The number of aliphatic hydroxyl groups is 1. The molecular formula is C39H42N2O3. The molecule has 0 aliphatic rings. The average Bonchev–Trinajstić information content (AvgIpc) is 3.06. The first-order chi connectivity index (χ1) is 21.5. The summed E-state index contributed by atoms with van der Waals surface area (Å²) < 4.78 is 12.5. The van der Waals surface area contributed by atoms with Gasteiger partial charge in [-0.15, -0.1) is 0 Å². The van der Waals surface area contributed by atoms with E-state index in [0.717, 1.165) is 22.4 Å². The van der Waals surface area contributed by atoms with Crippen molar-refractivity contribution in [2.24, 2.45) is 0 Å². The summed E-state index contributed by atoms with van der Waals surface area (Å²) in [7, 11) is 0. The molecule has 0 aliphatic heterocycles. The maximum absolute atomic E-state index is 11.9. The molecule has 0 bridgehead atoms. The van der Waals surface area contributed by atoms with Crippen LogP contribution in [0.1, 0.15) is 45.9 Å². The lowest BCUT2D eigenvalue weighted by Gasteiger charge is -2.26. The molecule has 5 nitrogen and oxygen atoms in total. The van der Waals surface area contributed by atoms with E-state index >= 15 is 0 Å². The highest BCUT2D eigenvalue weighted by atomic mass is 16.5. The Bertz CT molecular complexity index is 1490. The Morgan fingerprint density at radius 3 is 1.64 bits per heavy atom. The lowest BCUT2D eigenvalue weighted by atomic mass is 9.98. The second kappa shape index (κ2) is 15.8. The van der Waals surface area contributed by atoms with Gasteiger partial charge in [0.15, 0.2) is 0 Å². The van der Waals surface area contributed by atoms with Gasteiger partial charge in [0.05, 0.1) is 6.10 Å². The third-order valence-corrected chi connectivity index (χ3v) is 7.77. The molecule has 2 unspecified atom stereocenters. The number of para-hydroxylation sites is 1. The van der Waals surface area contributed by atoms with Gasteiger partial charge in [0.25, 0.3) is 0 Å². The van der Waals surface area contributed by atoms with Gasteiger partial charge in [-0.05, 0) is 65.8 Å². The highest BCUT2D eigenvalue weighted by Gasteiger charge is 2.22. The molecule has 0 amide bonds.